The van der Waals surface area contributed by atoms with E-state index in [1.165, 1.54) is 0 Å². The number of anilines is 3. The Kier molecular flexibility index (Phi) is 7.20. The van der Waals surface area contributed by atoms with Gasteiger partial charge in [-0.15, -0.1) is 0 Å². The Labute approximate surface area is 165 Å². The summed E-state index contributed by atoms with van der Waals surface area (Å²) in [6.07, 6.45) is 0.319. The van der Waals surface area contributed by atoms with Gasteiger partial charge in [-0.1, -0.05) is 6.92 Å². The third kappa shape index (κ3) is 5.12. The molecule has 2 rings (SSSR count). The molecule has 0 saturated heterocycles. The van der Waals surface area contributed by atoms with E-state index in [1.807, 2.05) is 59.0 Å². The molecule has 0 spiro atoms. The number of rotatable bonds is 9. The number of carbonyl (C=O) groups excluding carboxylic acids is 2. The van der Waals surface area contributed by atoms with Crippen LogP contribution < -0.4 is 26.2 Å². The Hall–Kier alpha value is -3.29. The van der Waals surface area contributed by atoms with Crippen molar-refractivity contribution in [3.8, 4) is 5.75 Å². The molecule has 0 bridgehead atoms. The minimum atomic E-state index is -0.674. The highest BCUT2D eigenvalue weighted by molar-refractivity contribution is 5.97. The summed E-state index contributed by atoms with van der Waals surface area (Å²) >= 11 is 0. The first kappa shape index (κ1) is 21.0. The van der Waals surface area contributed by atoms with E-state index < -0.39 is 6.10 Å². The smallest absolute Gasteiger partial charge is 0.265 e. The van der Waals surface area contributed by atoms with Gasteiger partial charge in [0.25, 0.3) is 5.91 Å². The molecule has 0 saturated carbocycles. The van der Waals surface area contributed by atoms with Gasteiger partial charge < -0.3 is 15.4 Å². The van der Waals surface area contributed by atoms with Crippen LogP contribution in [0.15, 0.2) is 24.3 Å². The van der Waals surface area contributed by atoms with Gasteiger partial charge in [-0.2, -0.15) is 0 Å². The topological polar surface area (TPSA) is 104 Å². The lowest BCUT2D eigenvalue weighted by Crippen LogP contribution is -2.33. The van der Waals surface area contributed by atoms with E-state index in [9.17, 15) is 9.59 Å². The lowest BCUT2D eigenvalue weighted by Gasteiger charge is -2.21. The second-order valence-electron chi connectivity index (χ2n) is 6.43. The zero-order valence-corrected chi connectivity index (χ0v) is 16.8. The fourth-order valence-electron chi connectivity index (χ4n) is 2.80. The second-order valence-corrected chi connectivity index (χ2v) is 6.43. The summed E-state index contributed by atoms with van der Waals surface area (Å²) in [5, 5.41) is 5.94. The third-order valence-electron chi connectivity index (χ3n) is 4.24. The lowest BCUT2D eigenvalue weighted by atomic mass is 10.1. The first-order valence-corrected chi connectivity index (χ1v) is 9.08. The summed E-state index contributed by atoms with van der Waals surface area (Å²) in [4.78, 5) is 27.8. The van der Waals surface area contributed by atoms with Crippen LogP contribution in [0.5, 0.6) is 5.75 Å². The molecule has 2 amide bonds. The first-order chi connectivity index (χ1) is 13.4. The molecule has 1 heterocycles. The largest absolute Gasteiger partial charge is 0.480 e. The van der Waals surface area contributed by atoms with E-state index in [0.717, 1.165) is 22.5 Å². The van der Waals surface area contributed by atoms with Crippen LogP contribution in [0.4, 0.5) is 17.2 Å². The Morgan fingerprint density at radius 1 is 1.21 bits per heavy atom. The highest BCUT2D eigenvalue weighted by Gasteiger charge is 2.22. The van der Waals surface area contributed by atoms with Crippen molar-refractivity contribution in [1.82, 2.24) is 10.4 Å². The van der Waals surface area contributed by atoms with Crippen LogP contribution in [-0.2, 0) is 9.59 Å². The fraction of sp³-hybridized carbons (Fsp3) is 0.350. The van der Waals surface area contributed by atoms with E-state index in [-0.39, 0.29) is 5.91 Å². The number of aromatic nitrogens is 1. The summed E-state index contributed by atoms with van der Waals surface area (Å²) in [5.41, 5.74) is 9.02. The van der Waals surface area contributed by atoms with Crippen molar-refractivity contribution in [3.63, 3.8) is 0 Å². The maximum Gasteiger partial charge on any atom is 0.265 e. The van der Waals surface area contributed by atoms with Gasteiger partial charge in [-0.05, 0) is 62.6 Å². The minimum Gasteiger partial charge on any atom is -0.480 e. The first-order valence-electron chi connectivity index (χ1n) is 9.08. The SMILES string of the molecule is CCC(Oc1ccc(NC)cc1C)C(=O)Nc1c(C)cc(C)nc1NNC=O. The number of nitrogens with zero attached hydrogens (tertiary/aromatic N) is 1. The maximum absolute atomic E-state index is 12.9. The van der Waals surface area contributed by atoms with Crippen LogP contribution in [0, 0.1) is 20.8 Å². The number of hydrogen-bond donors (Lipinski definition) is 4. The molecule has 1 aromatic heterocycles. The van der Waals surface area contributed by atoms with E-state index >= 15 is 0 Å². The van der Waals surface area contributed by atoms with Crippen molar-refractivity contribution in [1.29, 1.82) is 0 Å². The second kappa shape index (κ2) is 9.59. The number of nitrogens with one attached hydrogen (secondary N) is 4. The van der Waals surface area contributed by atoms with Crippen molar-refractivity contribution in [3.05, 3.63) is 41.1 Å². The van der Waals surface area contributed by atoms with Gasteiger partial charge in [0.2, 0.25) is 6.41 Å². The number of aryl methyl sites for hydroxylation is 3. The van der Waals surface area contributed by atoms with Gasteiger partial charge in [0, 0.05) is 18.4 Å². The molecular weight excluding hydrogens is 358 g/mol. The molecule has 2 aromatic rings. The predicted molar refractivity (Wildman–Crippen MR) is 111 cm³/mol. The normalized spacial score (nSPS) is 11.3. The average molecular weight is 385 g/mol. The van der Waals surface area contributed by atoms with E-state index in [4.69, 9.17) is 4.74 Å². The molecule has 8 heteroatoms. The van der Waals surface area contributed by atoms with Crippen LogP contribution in [0.3, 0.4) is 0 Å². The Morgan fingerprint density at radius 3 is 2.57 bits per heavy atom. The summed E-state index contributed by atoms with van der Waals surface area (Å²) in [5.74, 6) is 0.727. The van der Waals surface area contributed by atoms with Gasteiger partial charge in [0.1, 0.15) is 5.75 Å². The minimum absolute atomic E-state index is 0.289. The summed E-state index contributed by atoms with van der Waals surface area (Å²) < 4.78 is 5.96. The molecule has 0 aliphatic heterocycles. The number of hydrogen-bond acceptors (Lipinski definition) is 6. The molecule has 1 aromatic carbocycles. The molecule has 150 valence electrons. The standard InChI is InChI=1S/C20H27N5O3/c1-6-16(28-17-8-7-15(21-5)10-12(17)2)20(27)24-18-13(3)9-14(4)23-19(18)25-22-11-26/h7-11,16,21H,6H2,1-5H3,(H,22,26)(H,23,25)(H,24,27). The van der Waals surface area contributed by atoms with Crippen LogP contribution in [0.25, 0.3) is 0 Å². The molecule has 1 atom stereocenters. The Bertz CT molecular complexity index is 854. The number of carbonyl (C=O) groups is 2. The van der Waals surface area contributed by atoms with Crippen molar-refractivity contribution in [2.45, 2.75) is 40.2 Å². The van der Waals surface area contributed by atoms with Crippen LogP contribution in [0.2, 0.25) is 0 Å². The maximum atomic E-state index is 12.9. The highest BCUT2D eigenvalue weighted by atomic mass is 16.5. The molecule has 0 aliphatic rings. The van der Waals surface area contributed by atoms with Gasteiger partial charge in [0.05, 0.1) is 5.69 Å². The van der Waals surface area contributed by atoms with Crippen molar-refractivity contribution in [2.75, 3.05) is 23.1 Å². The number of amides is 2. The molecular formula is C20H27N5O3. The molecule has 0 radical (unpaired) electrons. The van der Waals surface area contributed by atoms with Gasteiger partial charge in [-0.25, -0.2) is 4.98 Å². The number of benzene rings is 1. The van der Waals surface area contributed by atoms with Crippen molar-refractivity contribution < 1.29 is 14.3 Å². The lowest BCUT2D eigenvalue weighted by molar-refractivity contribution is -0.122. The van der Waals surface area contributed by atoms with Crippen molar-refractivity contribution in [2.24, 2.45) is 0 Å². The van der Waals surface area contributed by atoms with E-state index in [1.54, 1.807) is 0 Å². The number of pyridine rings is 1. The summed E-state index contributed by atoms with van der Waals surface area (Å²) in [7, 11) is 1.85. The van der Waals surface area contributed by atoms with Crippen LogP contribution in [0.1, 0.15) is 30.2 Å². The monoisotopic (exact) mass is 385 g/mol. The zero-order valence-electron chi connectivity index (χ0n) is 16.8. The van der Waals surface area contributed by atoms with Crippen LogP contribution >= 0.6 is 0 Å². The number of hydrazine groups is 1. The highest BCUT2D eigenvalue weighted by Crippen LogP contribution is 2.26. The third-order valence-corrected chi connectivity index (χ3v) is 4.24. The quantitative estimate of drug-likeness (QED) is 0.391. The summed E-state index contributed by atoms with van der Waals surface area (Å²) in [6, 6.07) is 7.55. The Balaban J connectivity index is 2.21. The van der Waals surface area contributed by atoms with Gasteiger partial charge >= 0.3 is 0 Å². The molecule has 1 unspecified atom stereocenters. The van der Waals surface area contributed by atoms with Gasteiger partial charge in [0.15, 0.2) is 11.9 Å². The van der Waals surface area contributed by atoms with E-state index in [0.29, 0.717) is 30.1 Å². The van der Waals surface area contributed by atoms with Crippen molar-refractivity contribution >= 4 is 29.5 Å². The predicted octanol–water partition coefficient (Wildman–Crippen LogP) is 2.92. The zero-order chi connectivity index (χ0) is 20.7. The molecule has 0 aliphatic carbocycles. The van der Waals surface area contributed by atoms with E-state index in [2.05, 4.69) is 26.5 Å². The number of ether oxygens (including phenoxy) is 1. The molecule has 28 heavy (non-hydrogen) atoms. The molecule has 4 N–H and O–H groups in total. The van der Waals surface area contributed by atoms with Gasteiger partial charge in [-0.3, -0.25) is 20.4 Å². The fourth-order valence-corrected chi connectivity index (χ4v) is 2.80. The molecule has 8 nitrogen and oxygen atoms in total. The van der Waals surface area contributed by atoms with Crippen LogP contribution in [-0.4, -0.2) is 30.5 Å². The Morgan fingerprint density at radius 2 is 1.96 bits per heavy atom. The molecule has 0 fully saturated rings. The average Bonchev–Trinajstić information content (AvgIpc) is 2.67. The summed E-state index contributed by atoms with van der Waals surface area (Å²) in [6.45, 7) is 7.51.